The van der Waals surface area contributed by atoms with Gasteiger partial charge in [0.1, 0.15) is 12.1 Å². The van der Waals surface area contributed by atoms with Gasteiger partial charge in [0.05, 0.1) is 11.0 Å². The summed E-state index contributed by atoms with van der Waals surface area (Å²) in [5, 5.41) is 0. The number of nitrogens with zero attached hydrogens (tertiary/aromatic N) is 2. The van der Waals surface area contributed by atoms with Crippen LogP contribution in [0.3, 0.4) is 0 Å². The molecule has 1 aromatic heterocycles. The van der Waals surface area contributed by atoms with Gasteiger partial charge < -0.3 is 9.36 Å². The minimum atomic E-state index is 0.261. The topological polar surface area (TPSA) is 34.9 Å². The van der Waals surface area contributed by atoms with E-state index >= 15 is 0 Å². The molecule has 0 saturated heterocycles. The highest BCUT2D eigenvalue weighted by molar-refractivity contribution is 5.77. The van der Waals surface area contributed by atoms with E-state index in [0.717, 1.165) is 17.6 Å². The quantitative estimate of drug-likeness (QED) is 0.770. The second-order valence-electron chi connectivity index (χ2n) is 5.17. The lowest BCUT2D eigenvalue weighted by atomic mass is 9.98. The van der Waals surface area contributed by atoms with Crippen LogP contribution in [0.25, 0.3) is 11.0 Å². The van der Waals surface area contributed by atoms with Crippen LogP contribution in [-0.2, 0) is 4.79 Å². The second-order valence-corrected chi connectivity index (χ2v) is 5.17. The van der Waals surface area contributed by atoms with Gasteiger partial charge >= 0.3 is 0 Å². The zero-order valence-corrected chi connectivity index (χ0v) is 11.5. The Labute approximate surface area is 108 Å². The molecule has 0 spiro atoms. The summed E-state index contributed by atoms with van der Waals surface area (Å²) in [4.78, 5) is 15.2. The molecule has 1 heterocycles. The fourth-order valence-corrected chi connectivity index (χ4v) is 2.48. The Morgan fingerprint density at radius 2 is 2.06 bits per heavy atom. The monoisotopic (exact) mass is 244 g/mol. The van der Waals surface area contributed by atoms with Crippen molar-refractivity contribution in [3.8, 4) is 0 Å². The van der Waals surface area contributed by atoms with Crippen LogP contribution in [0.1, 0.15) is 50.5 Å². The summed E-state index contributed by atoms with van der Waals surface area (Å²) >= 11 is 0. The first-order chi connectivity index (χ1) is 8.54. The van der Waals surface area contributed by atoms with Crippen LogP contribution in [0.2, 0.25) is 0 Å². The first-order valence-corrected chi connectivity index (χ1v) is 6.46. The van der Waals surface area contributed by atoms with Crippen molar-refractivity contribution in [2.24, 2.45) is 0 Å². The zero-order valence-electron chi connectivity index (χ0n) is 11.5. The maximum atomic E-state index is 10.6. The highest BCUT2D eigenvalue weighted by Crippen LogP contribution is 2.25. The smallest absolute Gasteiger partial charge is 0.120 e. The molecule has 0 N–H and O–H groups in total. The fraction of sp³-hybridized carbons (Fsp3) is 0.467. The van der Waals surface area contributed by atoms with Gasteiger partial charge in [-0.25, -0.2) is 4.98 Å². The Hall–Kier alpha value is -1.64. The van der Waals surface area contributed by atoms with Gasteiger partial charge in [0.25, 0.3) is 0 Å². The standard InChI is InChI=1S/C15H20N2O/c1-10(2)17-12(4)16-14-9-13(5-6-15(14)17)11(3)7-8-18/h5-6,8-11H,7H2,1-4H3. The van der Waals surface area contributed by atoms with Crippen LogP contribution in [0, 0.1) is 6.92 Å². The maximum absolute atomic E-state index is 10.6. The van der Waals surface area contributed by atoms with E-state index in [1.54, 1.807) is 0 Å². The van der Waals surface area contributed by atoms with E-state index in [1.807, 2.05) is 6.92 Å². The molecule has 2 rings (SSSR count). The maximum Gasteiger partial charge on any atom is 0.120 e. The third-order valence-corrected chi connectivity index (χ3v) is 3.43. The molecule has 1 unspecified atom stereocenters. The summed E-state index contributed by atoms with van der Waals surface area (Å²) in [5.74, 6) is 1.30. The normalized spacial score (nSPS) is 13.2. The van der Waals surface area contributed by atoms with Crippen LogP contribution in [0.15, 0.2) is 18.2 Å². The molecule has 0 aliphatic rings. The lowest BCUT2D eigenvalue weighted by Crippen LogP contribution is -2.02. The summed E-state index contributed by atoms with van der Waals surface area (Å²) in [6.07, 6.45) is 1.54. The Kier molecular flexibility index (Phi) is 3.50. The molecule has 0 aliphatic heterocycles. The van der Waals surface area contributed by atoms with Gasteiger partial charge in [0.15, 0.2) is 0 Å². The molecule has 0 bridgehead atoms. The average molecular weight is 244 g/mol. The Morgan fingerprint density at radius 3 is 2.67 bits per heavy atom. The van der Waals surface area contributed by atoms with Crippen LogP contribution in [0.4, 0.5) is 0 Å². The third kappa shape index (κ3) is 2.17. The minimum absolute atomic E-state index is 0.261. The van der Waals surface area contributed by atoms with E-state index in [1.165, 1.54) is 11.1 Å². The summed E-state index contributed by atoms with van der Waals surface area (Å²) in [6.45, 7) is 8.43. The lowest BCUT2D eigenvalue weighted by Gasteiger charge is -2.12. The molecule has 2 aromatic rings. The van der Waals surface area contributed by atoms with Crippen molar-refractivity contribution in [2.45, 2.75) is 46.1 Å². The number of aromatic nitrogens is 2. The van der Waals surface area contributed by atoms with Crippen molar-refractivity contribution < 1.29 is 4.79 Å². The number of aryl methyl sites for hydroxylation is 1. The average Bonchev–Trinajstić information content (AvgIpc) is 2.63. The molecule has 0 radical (unpaired) electrons. The molecule has 0 saturated carbocycles. The van der Waals surface area contributed by atoms with E-state index in [2.05, 4.69) is 48.5 Å². The van der Waals surface area contributed by atoms with Gasteiger partial charge in [0, 0.05) is 12.5 Å². The minimum Gasteiger partial charge on any atom is -0.326 e. The zero-order chi connectivity index (χ0) is 13.3. The summed E-state index contributed by atoms with van der Waals surface area (Å²) in [5.41, 5.74) is 3.38. The number of benzene rings is 1. The number of hydrogen-bond donors (Lipinski definition) is 0. The predicted octanol–water partition coefficient (Wildman–Crippen LogP) is 3.62. The number of carbonyl (C=O) groups is 1. The van der Waals surface area contributed by atoms with Crippen molar-refractivity contribution in [2.75, 3.05) is 0 Å². The van der Waals surface area contributed by atoms with Gasteiger partial charge in [-0.2, -0.15) is 0 Å². The number of aldehydes is 1. The third-order valence-electron chi connectivity index (χ3n) is 3.43. The van der Waals surface area contributed by atoms with Crippen LogP contribution in [0.5, 0.6) is 0 Å². The van der Waals surface area contributed by atoms with E-state index in [4.69, 9.17) is 0 Å². The van der Waals surface area contributed by atoms with Gasteiger partial charge in [-0.05, 0) is 44.4 Å². The molecular formula is C15H20N2O. The van der Waals surface area contributed by atoms with E-state index in [9.17, 15) is 4.79 Å². The number of rotatable bonds is 4. The highest BCUT2D eigenvalue weighted by atomic mass is 16.1. The first-order valence-electron chi connectivity index (χ1n) is 6.46. The molecular weight excluding hydrogens is 224 g/mol. The summed E-state index contributed by atoms with van der Waals surface area (Å²) in [6, 6.07) is 6.74. The number of imidazole rings is 1. The van der Waals surface area contributed by atoms with Crippen molar-refractivity contribution >= 4 is 17.3 Å². The van der Waals surface area contributed by atoms with Gasteiger partial charge in [-0.1, -0.05) is 13.0 Å². The highest BCUT2D eigenvalue weighted by Gasteiger charge is 2.12. The summed E-state index contributed by atoms with van der Waals surface area (Å²) in [7, 11) is 0. The van der Waals surface area contributed by atoms with Gasteiger partial charge in [-0.3, -0.25) is 0 Å². The molecule has 18 heavy (non-hydrogen) atoms. The van der Waals surface area contributed by atoms with E-state index < -0.39 is 0 Å². The molecule has 3 nitrogen and oxygen atoms in total. The van der Waals surface area contributed by atoms with E-state index in [-0.39, 0.29) is 5.92 Å². The molecule has 3 heteroatoms. The molecule has 96 valence electrons. The number of carbonyl (C=O) groups excluding carboxylic acids is 1. The fourth-order valence-electron chi connectivity index (χ4n) is 2.48. The lowest BCUT2D eigenvalue weighted by molar-refractivity contribution is -0.108. The van der Waals surface area contributed by atoms with Crippen molar-refractivity contribution in [1.82, 2.24) is 9.55 Å². The first kappa shape index (κ1) is 12.8. The van der Waals surface area contributed by atoms with Crippen LogP contribution in [-0.4, -0.2) is 15.8 Å². The summed E-state index contributed by atoms with van der Waals surface area (Å²) < 4.78 is 2.24. The Balaban J connectivity index is 2.50. The number of hydrogen-bond acceptors (Lipinski definition) is 2. The Morgan fingerprint density at radius 1 is 1.33 bits per heavy atom. The predicted molar refractivity (Wildman–Crippen MR) is 74.0 cm³/mol. The van der Waals surface area contributed by atoms with Gasteiger partial charge in [-0.15, -0.1) is 0 Å². The second kappa shape index (κ2) is 4.92. The molecule has 1 atom stereocenters. The van der Waals surface area contributed by atoms with Crippen molar-refractivity contribution in [3.63, 3.8) is 0 Å². The van der Waals surface area contributed by atoms with E-state index in [0.29, 0.717) is 12.5 Å². The molecule has 0 aliphatic carbocycles. The SMILES string of the molecule is Cc1nc2cc(C(C)CC=O)ccc2n1C(C)C. The van der Waals surface area contributed by atoms with Crippen molar-refractivity contribution in [1.29, 1.82) is 0 Å². The van der Waals surface area contributed by atoms with Crippen LogP contribution < -0.4 is 0 Å². The molecule has 0 amide bonds. The van der Waals surface area contributed by atoms with Crippen molar-refractivity contribution in [3.05, 3.63) is 29.6 Å². The number of fused-ring (bicyclic) bond motifs is 1. The van der Waals surface area contributed by atoms with Gasteiger partial charge in [0.2, 0.25) is 0 Å². The molecule has 1 aromatic carbocycles. The largest absolute Gasteiger partial charge is 0.326 e. The Bertz CT molecular complexity index is 569. The molecule has 0 fully saturated rings. The van der Waals surface area contributed by atoms with Crippen LogP contribution >= 0.6 is 0 Å².